The van der Waals surface area contributed by atoms with E-state index in [-0.39, 0.29) is 13.2 Å². The number of amides is 3. The first-order valence-corrected chi connectivity index (χ1v) is 12.1. The average Bonchev–Trinajstić information content (AvgIpc) is 2.94. The van der Waals surface area contributed by atoms with Crippen molar-refractivity contribution in [1.29, 1.82) is 0 Å². The second-order valence-corrected chi connectivity index (χ2v) is 9.27. The molecule has 2 fully saturated rings. The van der Waals surface area contributed by atoms with E-state index in [1.807, 2.05) is 20.8 Å². The molecule has 2 atom stereocenters. The number of esters is 1. The summed E-state index contributed by atoms with van der Waals surface area (Å²) < 4.78 is 40.4. The Kier molecular flexibility index (Phi) is 8.66. The molecule has 0 unspecified atom stereocenters. The summed E-state index contributed by atoms with van der Waals surface area (Å²) in [6.45, 7) is 5.56. The first-order chi connectivity index (χ1) is 14.6. The van der Waals surface area contributed by atoms with Gasteiger partial charge in [0.05, 0.1) is 24.7 Å². The zero-order valence-corrected chi connectivity index (χ0v) is 19.2. The summed E-state index contributed by atoms with van der Waals surface area (Å²) in [7, 11) is -4.64. The Morgan fingerprint density at radius 2 is 1.77 bits per heavy atom. The molecule has 2 aliphatic heterocycles. The lowest BCUT2D eigenvalue weighted by molar-refractivity contribution is -0.159. The van der Waals surface area contributed by atoms with Gasteiger partial charge < -0.3 is 15.4 Å². The minimum absolute atomic E-state index is 0.140. The molecule has 0 aromatic carbocycles. The summed E-state index contributed by atoms with van der Waals surface area (Å²) in [6.07, 6.45) is 3.36. The fourth-order valence-electron chi connectivity index (χ4n) is 4.17. The maximum absolute atomic E-state index is 12.7. The molecule has 2 N–H and O–H groups in total. The summed E-state index contributed by atoms with van der Waals surface area (Å²) in [4.78, 5) is 38.0. The summed E-state index contributed by atoms with van der Waals surface area (Å²) in [5, 5.41) is 0.717. The number of fused-ring (bicyclic) bond motifs is 2. The van der Waals surface area contributed by atoms with Crippen LogP contribution in [0.4, 0.5) is 4.79 Å². The number of hydrogen-bond acceptors (Lipinski definition) is 8. The third-order valence-corrected chi connectivity index (χ3v) is 6.38. The predicted octanol–water partition coefficient (Wildman–Crippen LogP) is 1.47. The second-order valence-electron chi connectivity index (χ2n) is 8.07. The Balaban J connectivity index is 2.10. The van der Waals surface area contributed by atoms with Gasteiger partial charge >= 0.3 is 22.4 Å². The summed E-state index contributed by atoms with van der Waals surface area (Å²) >= 11 is 0. The van der Waals surface area contributed by atoms with Crippen molar-refractivity contribution in [1.82, 2.24) is 9.96 Å². The number of carbonyl (C=O) groups is 3. The molecule has 0 spiro atoms. The number of piperidine rings is 1. The molecule has 0 radical (unpaired) electrons. The fraction of sp³-hybridized carbons (Fsp3) is 0.842. The van der Waals surface area contributed by atoms with Gasteiger partial charge in [-0.25, -0.2) is 8.98 Å². The molecule has 31 heavy (non-hydrogen) atoms. The van der Waals surface area contributed by atoms with Crippen LogP contribution in [0.5, 0.6) is 0 Å². The van der Waals surface area contributed by atoms with Gasteiger partial charge in [-0.3, -0.25) is 9.59 Å². The van der Waals surface area contributed by atoms with Gasteiger partial charge in [0, 0.05) is 6.54 Å². The normalized spacial score (nSPS) is 21.5. The van der Waals surface area contributed by atoms with Crippen LogP contribution in [0.25, 0.3) is 0 Å². The summed E-state index contributed by atoms with van der Waals surface area (Å²) in [5.41, 5.74) is 4.20. The summed E-state index contributed by atoms with van der Waals surface area (Å²) in [5.74, 6) is -1.15. The topological polar surface area (TPSA) is 146 Å². The Labute approximate surface area is 183 Å². The molecule has 0 aliphatic carbocycles. The molecule has 2 saturated heterocycles. The molecule has 3 amide bonds. The number of urea groups is 1. The van der Waals surface area contributed by atoms with Gasteiger partial charge in [-0.15, -0.1) is 4.28 Å². The van der Waals surface area contributed by atoms with Gasteiger partial charge in [0.1, 0.15) is 6.04 Å². The zero-order chi connectivity index (χ0) is 23.2. The van der Waals surface area contributed by atoms with E-state index in [1.165, 1.54) is 4.90 Å². The number of ether oxygens (including phenoxy) is 1. The number of primary amides is 1. The second kappa shape index (κ2) is 10.6. The third-order valence-electron chi connectivity index (χ3n) is 5.63. The SMILES string of the molecule is CCCOC(=O)C(CCC)(CCC)COS(=O)(=O)ON1C(=O)N2C[C@H]1CC[C@H]2C(N)=O. The average molecular weight is 464 g/mol. The van der Waals surface area contributed by atoms with E-state index in [2.05, 4.69) is 0 Å². The molecule has 2 rings (SSSR count). The van der Waals surface area contributed by atoms with Crippen molar-refractivity contribution in [3.05, 3.63) is 0 Å². The molecule has 2 bridgehead atoms. The third kappa shape index (κ3) is 5.86. The Hall–Kier alpha value is -1.92. The van der Waals surface area contributed by atoms with E-state index >= 15 is 0 Å². The number of rotatable bonds is 13. The van der Waals surface area contributed by atoms with E-state index in [9.17, 15) is 22.8 Å². The van der Waals surface area contributed by atoms with Gasteiger partial charge in [0.25, 0.3) is 0 Å². The molecule has 0 saturated carbocycles. The standard InChI is InChI=1S/C19H33N3O8S/c1-4-9-19(10-5-2,17(24)28-11-6-3)13-29-31(26,27)30-22-14-7-8-15(16(20)23)21(12-14)18(22)25/h14-15H,4-13H2,1-3H3,(H2,20,23)/t14-,15+/m1/s1. The maximum Gasteiger partial charge on any atom is 0.421 e. The van der Waals surface area contributed by atoms with E-state index < -0.39 is 52.4 Å². The number of carbonyl (C=O) groups excluding carboxylic acids is 3. The van der Waals surface area contributed by atoms with Crippen molar-refractivity contribution in [2.45, 2.75) is 77.8 Å². The van der Waals surface area contributed by atoms with Gasteiger partial charge in [-0.1, -0.05) is 33.6 Å². The largest absolute Gasteiger partial charge is 0.465 e. The molecule has 11 nitrogen and oxygen atoms in total. The molecular formula is C19H33N3O8S. The van der Waals surface area contributed by atoms with Crippen LogP contribution in [0, 0.1) is 5.41 Å². The minimum atomic E-state index is -4.64. The minimum Gasteiger partial charge on any atom is -0.465 e. The fourth-order valence-corrected chi connectivity index (χ4v) is 4.96. The highest BCUT2D eigenvalue weighted by molar-refractivity contribution is 7.81. The number of nitrogens with two attached hydrogens (primary N) is 1. The van der Waals surface area contributed by atoms with E-state index in [1.54, 1.807) is 0 Å². The van der Waals surface area contributed by atoms with Crippen molar-refractivity contribution >= 4 is 28.3 Å². The lowest BCUT2D eigenvalue weighted by Gasteiger charge is -2.30. The van der Waals surface area contributed by atoms with Crippen molar-refractivity contribution in [3.63, 3.8) is 0 Å². The number of hydroxylamine groups is 2. The monoisotopic (exact) mass is 463 g/mol. The van der Waals surface area contributed by atoms with Crippen LogP contribution in [0.2, 0.25) is 0 Å². The molecule has 178 valence electrons. The lowest BCUT2D eigenvalue weighted by Crippen LogP contribution is -2.47. The van der Waals surface area contributed by atoms with Crippen LogP contribution in [0.3, 0.4) is 0 Å². The van der Waals surface area contributed by atoms with Crippen LogP contribution < -0.4 is 5.73 Å². The van der Waals surface area contributed by atoms with Crippen LogP contribution in [0.15, 0.2) is 0 Å². The van der Waals surface area contributed by atoms with Gasteiger partial charge in [-0.05, 0) is 32.1 Å². The zero-order valence-electron chi connectivity index (χ0n) is 18.4. The molecular weight excluding hydrogens is 430 g/mol. The quantitative estimate of drug-likeness (QED) is 0.404. The Morgan fingerprint density at radius 1 is 1.13 bits per heavy atom. The number of hydrogen-bond donors (Lipinski definition) is 1. The van der Waals surface area contributed by atoms with Gasteiger partial charge in [0.2, 0.25) is 5.91 Å². The van der Waals surface area contributed by atoms with Gasteiger partial charge in [-0.2, -0.15) is 13.5 Å². The van der Waals surface area contributed by atoms with Crippen molar-refractivity contribution < 1.29 is 36.0 Å². The molecule has 0 aromatic rings. The highest BCUT2D eigenvalue weighted by atomic mass is 32.3. The van der Waals surface area contributed by atoms with Crippen molar-refractivity contribution in [2.75, 3.05) is 19.8 Å². The van der Waals surface area contributed by atoms with Crippen LogP contribution in [-0.4, -0.2) is 68.1 Å². The molecule has 12 heteroatoms. The first kappa shape index (κ1) is 25.3. The highest BCUT2D eigenvalue weighted by Crippen LogP contribution is 2.34. The molecule has 2 heterocycles. The first-order valence-electron chi connectivity index (χ1n) is 10.8. The smallest absolute Gasteiger partial charge is 0.421 e. The summed E-state index contributed by atoms with van der Waals surface area (Å²) in [6, 6.07) is -2.09. The number of nitrogens with zero attached hydrogens (tertiary/aromatic N) is 2. The Morgan fingerprint density at radius 3 is 2.32 bits per heavy atom. The predicted molar refractivity (Wildman–Crippen MR) is 109 cm³/mol. The van der Waals surface area contributed by atoms with Crippen LogP contribution >= 0.6 is 0 Å². The van der Waals surface area contributed by atoms with Crippen molar-refractivity contribution in [2.24, 2.45) is 11.1 Å². The van der Waals surface area contributed by atoms with Gasteiger partial charge in [0.15, 0.2) is 0 Å². The lowest BCUT2D eigenvalue weighted by atomic mass is 9.80. The highest BCUT2D eigenvalue weighted by Gasteiger charge is 2.49. The maximum atomic E-state index is 12.7. The van der Waals surface area contributed by atoms with E-state index in [0.29, 0.717) is 44.9 Å². The van der Waals surface area contributed by atoms with Crippen LogP contribution in [-0.2, 0) is 33.2 Å². The Bertz CT molecular complexity index is 766. The van der Waals surface area contributed by atoms with E-state index in [0.717, 1.165) is 5.06 Å². The molecule has 2 aliphatic rings. The molecule has 0 aromatic heterocycles. The van der Waals surface area contributed by atoms with Crippen LogP contribution in [0.1, 0.15) is 65.7 Å². The van der Waals surface area contributed by atoms with E-state index in [4.69, 9.17) is 18.9 Å². The van der Waals surface area contributed by atoms with Crippen molar-refractivity contribution in [3.8, 4) is 0 Å².